The normalized spacial score (nSPS) is 9.00. The monoisotopic (exact) mass is 204 g/mol. The van der Waals surface area contributed by atoms with Crippen molar-refractivity contribution in [1.82, 2.24) is 0 Å². The number of nitrogens with one attached hydrogen (secondary N) is 1. The Hall–Kier alpha value is -2.35. The Labute approximate surface area is 86.0 Å². The molecule has 0 saturated heterocycles. The first-order valence-electron chi connectivity index (χ1n) is 4.13. The van der Waals surface area contributed by atoms with Gasteiger partial charge in [0.25, 0.3) is 0 Å². The first-order chi connectivity index (χ1) is 7.11. The molecule has 0 aliphatic rings. The lowest BCUT2D eigenvalue weighted by molar-refractivity contribution is -0.139. The summed E-state index contributed by atoms with van der Waals surface area (Å²) in [5, 5.41) is 19.2. The van der Waals surface area contributed by atoms with E-state index in [-0.39, 0.29) is 0 Å². The number of nitriles is 1. The van der Waals surface area contributed by atoms with Gasteiger partial charge in [-0.25, -0.2) is 0 Å². The maximum atomic E-state index is 11.0. The molecule has 2 N–H and O–H groups in total. The molecule has 0 unspecified atom stereocenters. The van der Waals surface area contributed by atoms with Crippen molar-refractivity contribution in [1.29, 1.82) is 5.26 Å². The van der Waals surface area contributed by atoms with Gasteiger partial charge in [-0.05, 0) is 24.3 Å². The second-order valence-corrected chi connectivity index (χ2v) is 2.81. The van der Waals surface area contributed by atoms with Crippen LogP contribution in [0.4, 0.5) is 5.69 Å². The van der Waals surface area contributed by atoms with Crippen LogP contribution in [0.15, 0.2) is 24.3 Å². The third-order valence-electron chi connectivity index (χ3n) is 1.61. The van der Waals surface area contributed by atoms with E-state index >= 15 is 0 Å². The summed E-state index contributed by atoms with van der Waals surface area (Å²) in [5.41, 5.74) is 0.950. The average Bonchev–Trinajstić information content (AvgIpc) is 2.17. The average molecular weight is 204 g/mol. The molecule has 1 aromatic carbocycles. The first kappa shape index (κ1) is 10.7. The largest absolute Gasteiger partial charge is 0.481 e. The van der Waals surface area contributed by atoms with E-state index < -0.39 is 18.3 Å². The van der Waals surface area contributed by atoms with Gasteiger partial charge in [0.05, 0.1) is 11.6 Å². The third kappa shape index (κ3) is 3.48. The SMILES string of the molecule is N#Cc1ccc(NC(=O)CC(=O)O)cc1. The highest BCUT2D eigenvalue weighted by atomic mass is 16.4. The number of amides is 1. The molecular weight excluding hydrogens is 196 g/mol. The van der Waals surface area contributed by atoms with E-state index in [0.29, 0.717) is 11.3 Å². The van der Waals surface area contributed by atoms with Crippen molar-refractivity contribution in [3.63, 3.8) is 0 Å². The van der Waals surface area contributed by atoms with Crippen LogP contribution in [0, 0.1) is 11.3 Å². The number of carbonyl (C=O) groups excluding carboxylic acids is 1. The Morgan fingerprint density at radius 2 is 1.93 bits per heavy atom. The van der Waals surface area contributed by atoms with Crippen LogP contribution in [0.3, 0.4) is 0 Å². The van der Waals surface area contributed by atoms with Gasteiger partial charge in [-0.3, -0.25) is 9.59 Å². The Balaban J connectivity index is 2.62. The summed E-state index contributed by atoms with van der Waals surface area (Å²) in [6.45, 7) is 0. The molecule has 0 atom stereocenters. The van der Waals surface area contributed by atoms with Crippen molar-refractivity contribution in [2.75, 3.05) is 5.32 Å². The van der Waals surface area contributed by atoms with Gasteiger partial charge in [0.2, 0.25) is 5.91 Å². The van der Waals surface area contributed by atoms with Crippen LogP contribution < -0.4 is 5.32 Å². The minimum absolute atomic E-state index is 0.472. The van der Waals surface area contributed by atoms with E-state index in [2.05, 4.69) is 5.32 Å². The van der Waals surface area contributed by atoms with Crippen molar-refractivity contribution in [3.8, 4) is 6.07 Å². The summed E-state index contributed by atoms with van der Waals surface area (Å²) < 4.78 is 0. The number of carboxylic acids is 1. The minimum Gasteiger partial charge on any atom is -0.481 e. The van der Waals surface area contributed by atoms with Gasteiger partial charge in [-0.15, -0.1) is 0 Å². The maximum Gasteiger partial charge on any atom is 0.312 e. The molecule has 0 heterocycles. The van der Waals surface area contributed by atoms with E-state index in [4.69, 9.17) is 10.4 Å². The third-order valence-corrected chi connectivity index (χ3v) is 1.61. The van der Waals surface area contributed by atoms with Gasteiger partial charge in [0.15, 0.2) is 0 Å². The highest BCUT2D eigenvalue weighted by molar-refractivity contribution is 6.01. The zero-order valence-corrected chi connectivity index (χ0v) is 7.73. The molecular formula is C10H8N2O3. The highest BCUT2D eigenvalue weighted by Crippen LogP contribution is 2.08. The molecule has 0 saturated carbocycles. The molecule has 0 aliphatic carbocycles. The molecule has 15 heavy (non-hydrogen) atoms. The summed E-state index contributed by atoms with van der Waals surface area (Å²) >= 11 is 0. The number of hydrogen-bond donors (Lipinski definition) is 2. The zero-order chi connectivity index (χ0) is 11.3. The standard InChI is InChI=1S/C10H8N2O3/c11-6-7-1-3-8(4-2-7)12-9(13)5-10(14)15/h1-4H,5H2,(H,12,13)(H,14,15). The minimum atomic E-state index is -1.18. The predicted molar refractivity (Wildman–Crippen MR) is 52.0 cm³/mol. The first-order valence-corrected chi connectivity index (χ1v) is 4.13. The van der Waals surface area contributed by atoms with Gasteiger partial charge in [0, 0.05) is 5.69 Å². The smallest absolute Gasteiger partial charge is 0.312 e. The van der Waals surface area contributed by atoms with Gasteiger partial charge < -0.3 is 10.4 Å². The molecule has 1 amide bonds. The fourth-order valence-electron chi connectivity index (χ4n) is 0.971. The van der Waals surface area contributed by atoms with Crippen molar-refractivity contribution in [2.45, 2.75) is 6.42 Å². The van der Waals surface area contributed by atoms with Crippen LogP contribution in [0.25, 0.3) is 0 Å². The Kier molecular flexibility index (Phi) is 3.41. The molecule has 76 valence electrons. The number of hydrogen-bond acceptors (Lipinski definition) is 3. The number of rotatable bonds is 3. The number of nitrogens with zero attached hydrogens (tertiary/aromatic N) is 1. The number of benzene rings is 1. The lowest BCUT2D eigenvalue weighted by atomic mass is 10.2. The Morgan fingerprint density at radius 3 is 2.40 bits per heavy atom. The topological polar surface area (TPSA) is 90.2 Å². The molecule has 0 aromatic heterocycles. The summed E-state index contributed by atoms with van der Waals surface area (Å²) in [7, 11) is 0. The van der Waals surface area contributed by atoms with Gasteiger partial charge in [0.1, 0.15) is 6.42 Å². The van der Waals surface area contributed by atoms with Crippen LogP contribution >= 0.6 is 0 Å². The zero-order valence-electron chi connectivity index (χ0n) is 7.73. The summed E-state index contributed by atoms with van der Waals surface area (Å²) in [4.78, 5) is 21.2. The van der Waals surface area contributed by atoms with Crippen molar-refractivity contribution < 1.29 is 14.7 Å². The Morgan fingerprint density at radius 1 is 1.33 bits per heavy atom. The van der Waals surface area contributed by atoms with Gasteiger partial charge in [-0.1, -0.05) is 0 Å². The molecule has 0 radical (unpaired) electrons. The molecule has 0 spiro atoms. The number of carbonyl (C=O) groups is 2. The van der Waals surface area contributed by atoms with Crippen LogP contribution in [-0.2, 0) is 9.59 Å². The van der Waals surface area contributed by atoms with Crippen molar-refractivity contribution in [3.05, 3.63) is 29.8 Å². The highest BCUT2D eigenvalue weighted by Gasteiger charge is 2.07. The maximum absolute atomic E-state index is 11.0. The summed E-state index contributed by atoms with van der Waals surface area (Å²) in [6, 6.07) is 8.09. The molecule has 5 heteroatoms. The Bertz CT molecular complexity index is 417. The van der Waals surface area contributed by atoms with Crippen LogP contribution in [0.1, 0.15) is 12.0 Å². The van der Waals surface area contributed by atoms with Crippen LogP contribution in [0.2, 0.25) is 0 Å². The molecule has 1 aromatic rings. The second-order valence-electron chi connectivity index (χ2n) is 2.81. The quantitative estimate of drug-likeness (QED) is 0.718. The lowest BCUT2D eigenvalue weighted by Gasteiger charge is -2.02. The van der Waals surface area contributed by atoms with E-state index in [9.17, 15) is 9.59 Å². The second kappa shape index (κ2) is 4.77. The lowest BCUT2D eigenvalue weighted by Crippen LogP contribution is -2.15. The van der Waals surface area contributed by atoms with Gasteiger partial charge in [-0.2, -0.15) is 5.26 Å². The number of anilines is 1. The molecule has 0 aliphatic heterocycles. The number of carboxylic acid groups (broad SMARTS) is 1. The fourth-order valence-corrected chi connectivity index (χ4v) is 0.971. The van der Waals surface area contributed by atoms with E-state index in [0.717, 1.165) is 0 Å². The molecule has 1 rings (SSSR count). The van der Waals surface area contributed by atoms with E-state index in [1.807, 2.05) is 6.07 Å². The van der Waals surface area contributed by atoms with Crippen LogP contribution in [0.5, 0.6) is 0 Å². The molecule has 0 bridgehead atoms. The fraction of sp³-hybridized carbons (Fsp3) is 0.100. The molecule has 5 nitrogen and oxygen atoms in total. The number of aliphatic carboxylic acids is 1. The van der Waals surface area contributed by atoms with Gasteiger partial charge >= 0.3 is 5.97 Å². The van der Waals surface area contributed by atoms with Crippen molar-refractivity contribution >= 4 is 17.6 Å². The molecule has 0 fully saturated rings. The van der Waals surface area contributed by atoms with Crippen molar-refractivity contribution in [2.24, 2.45) is 0 Å². The van der Waals surface area contributed by atoms with E-state index in [1.54, 1.807) is 0 Å². The van der Waals surface area contributed by atoms with Crippen LogP contribution in [-0.4, -0.2) is 17.0 Å². The summed E-state index contributed by atoms with van der Waals surface area (Å²) in [6.07, 6.45) is -0.569. The predicted octanol–water partition coefficient (Wildman–Crippen LogP) is 0.971. The van der Waals surface area contributed by atoms with E-state index in [1.165, 1.54) is 24.3 Å². The summed E-state index contributed by atoms with van der Waals surface area (Å²) in [5.74, 6) is -1.77.